The summed E-state index contributed by atoms with van der Waals surface area (Å²) in [5.41, 5.74) is 9.62. The van der Waals surface area contributed by atoms with Gasteiger partial charge in [-0.1, -0.05) is 6.07 Å². The van der Waals surface area contributed by atoms with E-state index in [2.05, 4.69) is 0 Å². The van der Waals surface area contributed by atoms with E-state index in [0.717, 1.165) is 0 Å². The Hall–Kier alpha value is -1.34. The lowest BCUT2D eigenvalue weighted by Gasteiger charge is -2.26. The number of nitrogens with two attached hydrogens (primary N) is 2. The molecule has 1 rings (SSSR count). The normalized spacial score (nSPS) is 12.1. The summed E-state index contributed by atoms with van der Waals surface area (Å²) in [5, 5.41) is 35.9. The summed E-state index contributed by atoms with van der Waals surface area (Å²) in [4.78, 5) is 0. The van der Waals surface area contributed by atoms with Gasteiger partial charge in [0, 0.05) is 6.42 Å². The van der Waals surface area contributed by atoms with Crippen molar-refractivity contribution < 1.29 is 20.4 Å². The zero-order chi connectivity index (χ0) is 11.6. The molecule has 0 saturated carbocycles. The summed E-state index contributed by atoms with van der Waals surface area (Å²) < 4.78 is 0. The number of phenols is 2. The molecule has 0 amide bonds. The van der Waals surface area contributed by atoms with Crippen molar-refractivity contribution in [3.63, 3.8) is 0 Å². The van der Waals surface area contributed by atoms with Gasteiger partial charge < -0.3 is 31.9 Å². The molecule has 6 nitrogen and oxygen atoms in total. The quantitative estimate of drug-likeness (QED) is 0.270. The standard InChI is InChI=1S/C9H14N2O4/c10-9(11,8(14)15)4-5-1-2-6(12)7(13)3-5/h1-3,8,12-15H,4,10-11H2. The topological polar surface area (TPSA) is 133 Å². The minimum absolute atomic E-state index is 0.0431. The molecular weight excluding hydrogens is 200 g/mol. The molecule has 0 atom stereocenters. The molecule has 0 spiro atoms. The molecule has 0 aliphatic carbocycles. The van der Waals surface area contributed by atoms with Crippen LogP contribution in [0.2, 0.25) is 0 Å². The maximum atomic E-state index is 9.18. The summed E-state index contributed by atoms with van der Waals surface area (Å²) >= 11 is 0. The monoisotopic (exact) mass is 214 g/mol. The van der Waals surface area contributed by atoms with Crippen LogP contribution in [-0.4, -0.2) is 32.4 Å². The van der Waals surface area contributed by atoms with Crippen LogP contribution < -0.4 is 11.5 Å². The van der Waals surface area contributed by atoms with Crippen LogP contribution in [0.25, 0.3) is 0 Å². The predicted octanol–water partition coefficient (Wildman–Crippen LogP) is -1.44. The van der Waals surface area contributed by atoms with Crippen LogP contribution in [-0.2, 0) is 6.42 Å². The number of benzene rings is 1. The largest absolute Gasteiger partial charge is 0.504 e. The molecule has 15 heavy (non-hydrogen) atoms. The maximum absolute atomic E-state index is 9.18. The van der Waals surface area contributed by atoms with Crippen molar-refractivity contribution in [3.05, 3.63) is 23.8 Å². The van der Waals surface area contributed by atoms with E-state index in [4.69, 9.17) is 26.8 Å². The molecule has 0 aliphatic heterocycles. The van der Waals surface area contributed by atoms with Gasteiger partial charge in [0.25, 0.3) is 0 Å². The maximum Gasteiger partial charge on any atom is 0.183 e. The van der Waals surface area contributed by atoms with Crippen LogP contribution in [0.5, 0.6) is 11.5 Å². The molecular formula is C9H14N2O4. The van der Waals surface area contributed by atoms with Crippen LogP contribution in [0.3, 0.4) is 0 Å². The van der Waals surface area contributed by atoms with Gasteiger partial charge in [0.05, 0.1) is 0 Å². The Kier molecular flexibility index (Phi) is 3.15. The second kappa shape index (κ2) is 4.03. The number of aromatic hydroxyl groups is 2. The zero-order valence-corrected chi connectivity index (χ0v) is 7.96. The predicted molar refractivity (Wildman–Crippen MR) is 52.8 cm³/mol. The Morgan fingerprint density at radius 1 is 1.13 bits per heavy atom. The van der Waals surface area contributed by atoms with Crippen molar-refractivity contribution >= 4 is 0 Å². The molecule has 0 saturated heterocycles. The third-order valence-corrected chi connectivity index (χ3v) is 2.03. The van der Waals surface area contributed by atoms with Gasteiger partial charge in [0.2, 0.25) is 0 Å². The van der Waals surface area contributed by atoms with E-state index in [1.54, 1.807) is 0 Å². The van der Waals surface area contributed by atoms with Gasteiger partial charge >= 0.3 is 0 Å². The molecule has 1 aromatic rings. The summed E-state index contributed by atoms with van der Waals surface area (Å²) in [5.74, 6) is -0.571. The lowest BCUT2D eigenvalue weighted by molar-refractivity contribution is -0.0944. The molecule has 0 unspecified atom stereocenters. The van der Waals surface area contributed by atoms with Crippen LogP contribution in [0.15, 0.2) is 18.2 Å². The fraction of sp³-hybridized carbons (Fsp3) is 0.333. The van der Waals surface area contributed by atoms with Crippen molar-refractivity contribution in [1.29, 1.82) is 0 Å². The SMILES string of the molecule is NC(N)(Cc1ccc(O)c(O)c1)C(O)O. The van der Waals surface area contributed by atoms with Gasteiger partial charge in [-0.15, -0.1) is 0 Å². The number of rotatable bonds is 3. The van der Waals surface area contributed by atoms with Crippen LogP contribution in [0.4, 0.5) is 0 Å². The average Bonchev–Trinajstić information content (AvgIpc) is 2.10. The molecule has 0 fully saturated rings. The third kappa shape index (κ3) is 2.80. The summed E-state index contributed by atoms with van der Waals surface area (Å²) in [6, 6.07) is 4.00. The molecule has 8 N–H and O–H groups in total. The molecule has 0 radical (unpaired) electrons. The summed E-state index contributed by atoms with van der Waals surface area (Å²) in [6.07, 6.45) is -1.91. The highest BCUT2D eigenvalue weighted by Crippen LogP contribution is 2.25. The second-order valence-corrected chi connectivity index (χ2v) is 3.49. The van der Waals surface area contributed by atoms with Gasteiger partial charge in [0.15, 0.2) is 17.8 Å². The number of aliphatic hydroxyl groups is 2. The Morgan fingerprint density at radius 2 is 1.73 bits per heavy atom. The van der Waals surface area contributed by atoms with Gasteiger partial charge in [-0.25, -0.2) is 0 Å². The van der Waals surface area contributed by atoms with Gasteiger partial charge in [-0.3, -0.25) is 0 Å². The first-order valence-electron chi connectivity index (χ1n) is 4.27. The second-order valence-electron chi connectivity index (χ2n) is 3.49. The lowest BCUT2D eigenvalue weighted by atomic mass is 10.0. The molecule has 0 bridgehead atoms. The summed E-state index contributed by atoms with van der Waals surface area (Å²) in [7, 11) is 0. The Morgan fingerprint density at radius 3 is 2.20 bits per heavy atom. The van der Waals surface area contributed by atoms with Gasteiger partial charge in [0.1, 0.15) is 5.66 Å². The van der Waals surface area contributed by atoms with E-state index in [0.29, 0.717) is 5.56 Å². The highest BCUT2D eigenvalue weighted by Gasteiger charge is 2.27. The van der Waals surface area contributed by atoms with E-state index in [1.165, 1.54) is 18.2 Å². The average molecular weight is 214 g/mol. The van der Waals surface area contributed by atoms with Crippen molar-refractivity contribution in [2.75, 3.05) is 0 Å². The molecule has 6 heteroatoms. The van der Waals surface area contributed by atoms with E-state index in [-0.39, 0.29) is 17.9 Å². The summed E-state index contributed by atoms with van der Waals surface area (Å²) in [6.45, 7) is 0. The van der Waals surface area contributed by atoms with E-state index in [9.17, 15) is 5.11 Å². The Bertz CT molecular complexity index is 352. The number of aliphatic hydroxyl groups excluding tert-OH is 1. The van der Waals surface area contributed by atoms with Crippen molar-refractivity contribution in [2.45, 2.75) is 18.4 Å². The van der Waals surface area contributed by atoms with Crippen molar-refractivity contribution in [1.82, 2.24) is 0 Å². The lowest BCUT2D eigenvalue weighted by Crippen LogP contribution is -2.60. The zero-order valence-electron chi connectivity index (χ0n) is 7.96. The third-order valence-electron chi connectivity index (χ3n) is 2.03. The van der Waals surface area contributed by atoms with Gasteiger partial charge in [-0.2, -0.15) is 0 Å². The molecule has 0 heterocycles. The number of hydrogen-bond donors (Lipinski definition) is 6. The number of hydrogen-bond acceptors (Lipinski definition) is 6. The fourth-order valence-corrected chi connectivity index (χ4v) is 1.12. The van der Waals surface area contributed by atoms with E-state index >= 15 is 0 Å². The van der Waals surface area contributed by atoms with E-state index in [1.807, 2.05) is 0 Å². The van der Waals surface area contributed by atoms with Crippen LogP contribution >= 0.6 is 0 Å². The fourth-order valence-electron chi connectivity index (χ4n) is 1.12. The van der Waals surface area contributed by atoms with Crippen LogP contribution in [0, 0.1) is 0 Å². The molecule has 84 valence electrons. The first kappa shape index (κ1) is 11.7. The van der Waals surface area contributed by atoms with Gasteiger partial charge in [-0.05, 0) is 17.7 Å². The first-order valence-corrected chi connectivity index (χ1v) is 4.27. The number of phenolic OH excluding ortho intramolecular Hbond substituents is 2. The Labute approximate surface area is 86.4 Å². The molecule has 1 aromatic carbocycles. The first-order chi connectivity index (χ1) is 6.83. The highest BCUT2D eigenvalue weighted by atomic mass is 16.5. The van der Waals surface area contributed by atoms with E-state index < -0.39 is 12.0 Å². The van der Waals surface area contributed by atoms with Crippen molar-refractivity contribution in [2.24, 2.45) is 11.5 Å². The van der Waals surface area contributed by atoms with Crippen LogP contribution in [0.1, 0.15) is 5.56 Å². The highest BCUT2D eigenvalue weighted by molar-refractivity contribution is 5.40. The Balaban J connectivity index is 2.86. The molecule has 0 aliphatic rings. The molecule has 0 aromatic heterocycles. The minimum atomic E-state index is -1.87. The van der Waals surface area contributed by atoms with Crippen molar-refractivity contribution in [3.8, 4) is 11.5 Å². The minimum Gasteiger partial charge on any atom is -0.504 e. The smallest absolute Gasteiger partial charge is 0.183 e.